The van der Waals surface area contributed by atoms with Crippen LogP contribution in [0, 0.1) is 5.92 Å². The van der Waals surface area contributed by atoms with Crippen molar-refractivity contribution in [1.29, 1.82) is 0 Å². The van der Waals surface area contributed by atoms with Crippen molar-refractivity contribution in [3.05, 3.63) is 35.0 Å². The molecule has 2 N–H and O–H groups in total. The average Bonchev–Trinajstić information content (AvgIpc) is 2.71. The van der Waals surface area contributed by atoms with Gasteiger partial charge in [0.25, 0.3) is 0 Å². The molecule has 0 aliphatic rings. The predicted octanol–water partition coefficient (Wildman–Crippen LogP) is 4.52. The van der Waals surface area contributed by atoms with Gasteiger partial charge in [-0.3, -0.25) is 0 Å². The van der Waals surface area contributed by atoms with E-state index < -0.39 is 0 Å². The Labute approximate surface area is 107 Å². The van der Waals surface area contributed by atoms with Crippen LogP contribution < -0.4 is 5.73 Å². The summed E-state index contributed by atoms with van der Waals surface area (Å²) in [7, 11) is 0. The Hall–Kier alpha value is -0.990. The van der Waals surface area contributed by atoms with Crippen LogP contribution in [0.3, 0.4) is 0 Å². The first kappa shape index (κ1) is 12.5. The molecule has 0 saturated carbocycles. The van der Waals surface area contributed by atoms with Crippen molar-refractivity contribution in [2.45, 2.75) is 32.7 Å². The van der Waals surface area contributed by atoms with E-state index in [2.05, 4.69) is 13.8 Å². The second-order valence-electron chi connectivity index (χ2n) is 4.88. The van der Waals surface area contributed by atoms with Gasteiger partial charge in [0.15, 0.2) is 5.58 Å². The third-order valence-electron chi connectivity index (χ3n) is 2.94. The van der Waals surface area contributed by atoms with E-state index in [0.29, 0.717) is 10.9 Å². The minimum Gasteiger partial charge on any atom is -0.458 e. The maximum absolute atomic E-state index is 6.12. The molecule has 92 valence electrons. The van der Waals surface area contributed by atoms with Gasteiger partial charge in [0.1, 0.15) is 5.76 Å². The summed E-state index contributed by atoms with van der Waals surface area (Å²) >= 11 is 6.07. The van der Waals surface area contributed by atoms with E-state index in [1.165, 1.54) is 0 Å². The quantitative estimate of drug-likeness (QED) is 0.868. The summed E-state index contributed by atoms with van der Waals surface area (Å²) in [5, 5.41) is 1.66. The van der Waals surface area contributed by atoms with Gasteiger partial charge in [0.05, 0.1) is 11.1 Å². The highest BCUT2D eigenvalue weighted by Crippen LogP contribution is 2.30. The van der Waals surface area contributed by atoms with Gasteiger partial charge in [-0.15, -0.1) is 0 Å². The summed E-state index contributed by atoms with van der Waals surface area (Å²) < 4.78 is 5.74. The molecule has 2 aromatic rings. The second-order valence-corrected chi connectivity index (χ2v) is 5.29. The largest absolute Gasteiger partial charge is 0.458 e. The zero-order valence-electron chi connectivity index (χ0n) is 10.2. The Bertz CT molecular complexity index is 504. The van der Waals surface area contributed by atoms with Gasteiger partial charge in [-0.05, 0) is 30.9 Å². The molecule has 1 unspecified atom stereocenters. The number of furan rings is 1. The molecule has 0 aliphatic carbocycles. The highest BCUT2D eigenvalue weighted by molar-refractivity contribution is 6.34. The molecule has 2 rings (SSSR count). The Morgan fingerprint density at radius 2 is 2.06 bits per heavy atom. The zero-order valence-corrected chi connectivity index (χ0v) is 11.0. The average molecular weight is 252 g/mol. The Morgan fingerprint density at radius 3 is 2.71 bits per heavy atom. The SMILES string of the molecule is CC(C)CCC(N)c1cc2cccc(Cl)c2o1. The molecule has 0 fully saturated rings. The molecule has 0 saturated heterocycles. The summed E-state index contributed by atoms with van der Waals surface area (Å²) in [6.45, 7) is 4.39. The van der Waals surface area contributed by atoms with Crippen molar-refractivity contribution in [3.8, 4) is 0 Å². The van der Waals surface area contributed by atoms with Crippen LogP contribution >= 0.6 is 11.6 Å². The molecule has 0 bridgehead atoms. The molecule has 1 atom stereocenters. The third kappa shape index (κ3) is 2.82. The smallest absolute Gasteiger partial charge is 0.152 e. The number of nitrogens with two attached hydrogens (primary N) is 1. The van der Waals surface area contributed by atoms with Crippen LogP contribution in [-0.4, -0.2) is 0 Å². The third-order valence-corrected chi connectivity index (χ3v) is 3.23. The second kappa shape index (κ2) is 5.11. The van der Waals surface area contributed by atoms with Crippen molar-refractivity contribution in [2.75, 3.05) is 0 Å². The van der Waals surface area contributed by atoms with Crippen molar-refractivity contribution in [1.82, 2.24) is 0 Å². The molecule has 1 aromatic heterocycles. The molecule has 17 heavy (non-hydrogen) atoms. The predicted molar refractivity (Wildman–Crippen MR) is 72.2 cm³/mol. The Kier molecular flexibility index (Phi) is 3.75. The summed E-state index contributed by atoms with van der Waals surface area (Å²) in [5.41, 5.74) is 6.86. The van der Waals surface area contributed by atoms with Gasteiger partial charge < -0.3 is 10.2 Å². The fourth-order valence-electron chi connectivity index (χ4n) is 1.89. The monoisotopic (exact) mass is 251 g/mol. The van der Waals surface area contributed by atoms with Gasteiger partial charge in [0, 0.05) is 5.39 Å². The number of rotatable bonds is 4. The molecular formula is C14H18ClNO. The van der Waals surface area contributed by atoms with E-state index in [1.54, 1.807) is 0 Å². The van der Waals surface area contributed by atoms with Crippen molar-refractivity contribution in [2.24, 2.45) is 11.7 Å². The van der Waals surface area contributed by atoms with Gasteiger partial charge >= 0.3 is 0 Å². The molecule has 2 nitrogen and oxygen atoms in total. The number of benzene rings is 1. The summed E-state index contributed by atoms with van der Waals surface area (Å²) in [6.07, 6.45) is 2.04. The Morgan fingerprint density at radius 1 is 1.29 bits per heavy atom. The van der Waals surface area contributed by atoms with Gasteiger partial charge in [-0.25, -0.2) is 0 Å². The molecule has 0 spiro atoms. The van der Waals surface area contributed by atoms with Crippen LogP contribution in [0.5, 0.6) is 0 Å². The first-order valence-corrected chi connectivity index (χ1v) is 6.39. The minimum absolute atomic E-state index is 0.0409. The Balaban J connectivity index is 2.21. The van der Waals surface area contributed by atoms with Crippen LogP contribution in [0.4, 0.5) is 0 Å². The summed E-state index contributed by atoms with van der Waals surface area (Å²) in [6, 6.07) is 7.69. The van der Waals surface area contributed by atoms with E-state index in [1.807, 2.05) is 24.3 Å². The molecular weight excluding hydrogens is 234 g/mol. The number of halogens is 1. The molecule has 0 amide bonds. The molecule has 3 heteroatoms. The number of hydrogen-bond donors (Lipinski definition) is 1. The molecule has 1 aromatic carbocycles. The fraction of sp³-hybridized carbons (Fsp3) is 0.429. The van der Waals surface area contributed by atoms with Gasteiger partial charge in [-0.2, -0.15) is 0 Å². The number of para-hydroxylation sites is 1. The normalized spacial score (nSPS) is 13.5. The highest BCUT2D eigenvalue weighted by Gasteiger charge is 2.13. The lowest BCUT2D eigenvalue weighted by molar-refractivity contribution is 0.440. The lowest BCUT2D eigenvalue weighted by Crippen LogP contribution is -2.10. The first-order valence-electron chi connectivity index (χ1n) is 6.01. The van der Waals surface area contributed by atoms with Crippen LogP contribution in [-0.2, 0) is 0 Å². The number of hydrogen-bond acceptors (Lipinski definition) is 2. The lowest BCUT2D eigenvalue weighted by atomic mass is 10.0. The van der Waals surface area contributed by atoms with Crippen LogP contribution in [0.25, 0.3) is 11.0 Å². The van der Waals surface area contributed by atoms with Crippen LogP contribution in [0.2, 0.25) is 5.02 Å². The summed E-state index contributed by atoms with van der Waals surface area (Å²) in [5.74, 6) is 1.49. The topological polar surface area (TPSA) is 39.2 Å². The van der Waals surface area contributed by atoms with Crippen molar-refractivity contribution in [3.63, 3.8) is 0 Å². The van der Waals surface area contributed by atoms with Crippen LogP contribution in [0.1, 0.15) is 38.5 Å². The lowest BCUT2D eigenvalue weighted by Gasteiger charge is -2.09. The van der Waals surface area contributed by atoms with E-state index in [4.69, 9.17) is 21.8 Å². The number of fused-ring (bicyclic) bond motifs is 1. The fourth-order valence-corrected chi connectivity index (χ4v) is 2.11. The van der Waals surface area contributed by atoms with Crippen molar-refractivity contribution >= 4 is 22.6 Å². The van der Waals surface area contributed by atoms with E-state index in [0.717, 1.165) is 29.6 Å². The first-order chi connectivity index (χ1) is 8.08. The summed E-state index contributed by atoms with van der Waals surface area (Å²) in [4.78, 5) is 0. The zero-order chi connectivity index (χ0) is 12.4. The van der Waals surface area contributed by atoms with Gasteiger partial charge in [0.2, 0.25) is 0 Å². The molecule has 0 radical (unpaired) electrons. The minimum atomic E-state index is -0.0409. The van der Waals surface area contributed by atoms with Crippen molar-refractivity contribution < 1.29 is 4.42 Å². The van der Waals surface area contributed by atoms with Crippen LogP contribution in [0.15, 0.2) is 28.7 Å². The molecule has 0 aliphatic heterocycles. The van der Waals surface area contributed by atoms with Gasteiger partial charge in [-0.1, -0.05) is 37.6 Å². The van der Waals surface area contributed by atoms with E-state index in [-0.39, 0.29) is 6.04 Å². The standard InChI is InChI=1S/C14H18ClNO/c1-9(2)6-7-12(16)13-8-10-4-3-5-11(15)14(10)17-13/h3-5,8-9,12H,6-7,16H2,1-2H3. The highest BCUT2D eigenvalue weighted by atomic mass is 35.5. The maximum Gasteiger partial charge on any atom is 0.152 e. The van der Waals surface area contributed by atoms with E-state index in [9.17, 15) is 0 Å². The molecule has 1 heterocycles. The maximum atomic E-state index is 6.12. The van der Waals surface area contributed by atoms with E-state index >= 15 is 0 Å².